The zero-order valence-electron chi connectivity index (χ0n) is 11.8. The van der Waals surface area contributed by atoms with Crippen molar-refractivity contribution in [1.82, 2.24) is 0 Å². The quantitative estimate of drug-likeness (QED) is 0.652. The molecule has 0 spiro atoms. The van der Waals surface area contributed by atoms with E-state index in [0.29, 0.717) is 5.76 Å². The van der Waals surface area contributed by atoms with Crippen LogP contribution in [0.25, 0.3) is 11.0 Å². The maximum absolute atomic E-state index is 12.6. The summed E-state index contributed by atoms with van der Waals surface area (Å²) in [6, 6.07) is 12.4. The SMILES string of the molecule is Cc1cccc2cc(COc3cccc(C(F)(F)F)c3)oc12. The standard InChI is InChI=1S/C17H13F3O2/c1-11-4-2-5-12-8-15(22-16(11)12)10-21-14-7-3-6-13(9-14)17(18,19)20/h2-9H,10H2,1H3. The van der Waals surface area contributed by atoms with Crippen LogP contribution < -0.4 is 4.74 Å². The lowest BCUT2D eigenvalue weighted by molar-refractivity contribution is -0.137. The molecule has 2 nitrogen and oxygen atoms in total. The Bertz CT molecular complexity index is 803. The minimum absolute atomic E-state index is 0.0788. The first-order valence-electron chi connectivity index (χ1n) is 6.71. The Hall–Kier alpha value is -2.43. The van der Waals surface area contributed by atoms with E-state index in [1.54, 1.807) is 0 Å². The molecule has 0 fully saturated rings. The Morgan fingerprint density at radius 1 is 1.05 bits per heavy atom. The summed E-state index contributed by atoms with van der Waals surface area (Å²) < 4.78 is 49.0. The van der Waals surface area contributed by atoms with Crippen LogP contribution in [0.3, 0.4) is 0 Å². The number of hydrogen-bond acceptors (Lipinski definition) is 2. The summed E-state index contributed by atoms with van der Waals surface area (Å²) in [5.41, 5.74) is 1.04. The smallest absolute Gasteiger partial charge is 0.416 e. The Balaban J connectivity index is 1.78. The molecule has 0 radical (unpaired) electrons. The molecule has 0 bridgehead atoms. The fourth-order valence-electron chi connectivity index (χ4n) is 2.25. The fourth-order valence-corrected chi connectivity index (χ4v) is 2.25. The molecular formula is C17H13F3O2. The molecule has 0 aliphatic carbocycles. The topological polar surface area (TPSA) is 22.4 Å². The van der Waals surface area contributed by atoms with Gasteiger partial charge >= 0.3 is 6.18 Å². The number of hydrogen-bond donors (Lipinski definition) is 0. The molecule has 3 aromatic rings. The van der Waals surface area contributed by atoms with Crippen LogP contribution in [0.15, 0.2) is 52.9 Å². The largest absolute Gasteiger partial charge is 0.486 e. The van der Waals surface area contributed by atoms with Gasteiger partial charge in [-0.25, -0.2) is 0 Å². The van der Waals surface area contributed by atoms with Gasteiger partial charge in [-0.2, -0.15) is 13.2 Å². The van der Waals surface area contributed by atoms with E-state index in [0.717, 1.165) is 28.7 Å². The number of ether oxygens (including phenoxy) is 1. The second-order valence-corrected chi connectivity index (χ2v) is 5.02. The number of alkyl halides is 3. The third-order valence-electron chi connectivity index (χ3n) is 3.33. The molecule has 5 heteroatoms. The van der Waals surface area contributed by atoms with Gasteiger partial charge in [0.1, 0.15) is 23.7 Å². The predicted octanol–water partition coefficient (Wildman–Crippen LogP) is 5.34. The van der Waals surface area contributed by atoms with Crippen molar-refractivity contribution < 1.29 is 22.3 Å². The van der Waals surface area contributed by atoms with Crippen LogP contribution in [0.4, 0.5) is 13.2 Å². The lowest BCUT2D eigenvalue weighted by Gasteiger charge is -2.09. The van der Waals surface area contributed by atoms with Crippen LogP contribution >= 0.6 is 0 Å². The number of aryl methyl sites for hydroxylation is 1. The summed E-state index contributed by atoms with van der Waals surface area (Å²) in [4.78, 5) is 0. The predicted molar refractivity (Wildman–Crippen MR) is 76.7 cm³/mol. The second-order valence-electron chi connectivity index (χ2n) is 5.02. The lowest BCUT2D eigenvalue weighted by Crippen LogP contribution is -2.05. The van der Waals surface area contributed by atoms with Gasteiger partial charge in [0.25, 0.3) is 0 Å². The van der Waals surface area contributed by atoms with Crippen LogP contribution in [0, 0.1) is 6.92 Å². The molecule has 0 N–H and O–H groups in total. The van der Waals surface area contributed by atoms with Crippen LogP contribution in [0.5, 0.6) is 5.75 Å². The fraction of sp³-hybridized carbons (Fsp3) is 0.176. The van der Waals surface area contributed by atoms with Gasteiger partial charge in [-0.1, -0.05) is 24.3 Å². The molecule has 2 aromatic carbocycles. The normalized spacial score (nSPS) is 11.8. The molecule has 0 atom stereocenters. The first-order valence-corrected chi connectivity index (χ1v) is 6.71. The number of fused-ring (bicyclic) bond motifs is 1. The van der Waals surface area contributed by atoms with Gasteiger partial charge in [-0.3, -0.25) is 0 Å². The molecule has 22 heavy (non-hydrogen) atoms. The van der Waals surface area contributed by atoms with Crippen LogP contribution in [-0.2, 0) is 12.8 Å². The van der Waals surface area contributed by atoms with Crippen molar-refractivity contribution in [2.75, 3.05) is 0 Å². The average Bonchev–Trinajstić information content (AvgIpc) is 2.89. The van der Waals surface area contributed by atoms with Crippen molar-refractivity contribution in [2.24, 2.45) is 0 Å². The second kappa shape index (κ2) is 5.40. The van der Waals surface area contributed by atoms with Crippen molar-refractivity contribution >= 4 is 11.0 Å². The summed E-state index contributed by atoms with van der Waals surface area (Å²) in [6.45, 7) is 2.01. The molecule has 0 saturated heterocycles. The number of halogens is 3. The highest BCUT2D eigenvalue weighted by Crippen LogP contribution is 2.31. The van der Waals surface area contributed by atoms with E-state index in [9.17, 15) is 13.2 Å². The Morgan fingerprint density at radius 2 is 1.82 bits per heavy atom. The van der Waals surface area contributed by atoms with Gasteiger partial charge in [-0.05, 0) is 36.8 Å². The summed E-state index contributed by atoms with van der Waals surface area (Å²) in [7, 11) is 0. The van der Waals surface area contributed by atoms with E-state index >= 15 is 0 Å². The van der Waals surface area contributed by atoms with Crippen molar-refractivity contribution in [2.45, 2.75) is 19.7 Å². The van der Waals surface area contributed by atoms with Gasteiger partial charge in [0.15, 0.2) is 0 Å². The minimum atomic E-state index is -4.38. The molecule has 0 saturated carbocycles. The third-order valence-corrected chi connectivity index (χ3v) is 3.33. The van der Waals surface area contributed by atoms with E-state index in [-0.39, 0.29) is 12.4 Å². The highest BCUT2D eigenvalue weighted by atomic mass is 19.4. The molecule has 0 amide bonds. The number of rotatable bonds is 3. The number of para-hydroxylation sites is 1. The van der Waals surface area contributed by atoms with E-state index in [1.165, 1.54) is 12.1 Å². The minimum Gasteiger partial charge on any atom is -0.486 e. The van der Waals surface area contributed by atoms with Gasteiger partial charge < -0.3 is 9.15 Å². The summed E-state index contributed by atoms with van der Waals surface area (Å²) >= 11 is 0. The van der Waals surface area contributed by atoms with Crippen molar-refractivity contribution in [3.05, 3.63) is 65.4 Å². The highest BCUT2D eigenvalue weighted by molar-refractivity contribution is 5.80. The Morgan fingerprint density at radius 3 is 2.55 bits per heavy atom. The van der Waals surface area contributed by atoms with Gasteiger partial charge in [0, 0.05) is 5.39 Å². The summed E-state index contributed by atoms with van der Waals surface area (Å²) in [5, 5.41) is 0.947. The van der Waals surface area contributed by atoms with Crippen LogP contribution in [-0.4, -0.2) is 0 Å². The number of furan rings is 1. The molecule has 1 heterocycles. The molecule has 0 aliphatic heterocycles. The average molecular weight is 306 g/mol. The molecule has 1 aromatic heterocycles. The first-order chi connectivity index (χ1) is 10.4. The Kier molecular flexibility index (Phi) is 3.56. The molecule has 0 unspecified atom stereocenters. The van der Waals surface area contributed by atoms with E-state index in [2.05, 4.69) is 0 Å². The van der Waals surface area contributed by atoms with Crippen molar-refractivity contribution in [3.8, 4) is 5.75 Å². The van der Waals surface area contributed by atoms with E-state index < -0.39 is 11.7 Å². The summed E-state index contributed by atoms with van der Waals surface area (Å²) in [6.07, 6.45) is -4.38. The van der Waals surface area contributed by atoms with E-state index in [4.69, 9.17) is 9.15 Å². The third kappa shape index (κ3) is 2.93. The zero-order valence-corrected chi connectivity index (χ0v) is 11.8. The van der Waals surface area contributed by atoms with Crippen molar-refractivity contribution in [1.29, 1.82) is 0 Å². The van der Waals surface area contributed by atoms with E-state index in [1.807, 2.05) is 31.2 Å². The molecule has 0 aliphatic rings. The highest BCUT2D eigenvalue weighted by Gasteiger charge is 2.30. The van der Waals surface area contributed by atoms with Crippen LogP contribution in [0.2, 0.25) is 0 Å². The van der Waals surface area contributed by atoms with Gasteiger partial charge in [0.2, 0.25) is 0 Å². The summed E-state index contributed by atoms with van der Waals surface area (Å²) in [5.74, 6) is 0.730. The first kappa shape index (κ1) is 14.5. The molecule has 114 valence electrons. The monoisotopic (exact) mass is 306 g/mol. The Labute approximate surface area is 125 Å². The van der Waals surface area contributed by atoms with Crippen molar-refractivity contribution in [3.63, 3.8) is 0 Å². The molecule has 3 rings (SSSR count). The maximum atomic E-state index is 12.6. The van der Waals surface area contributed by atoms with Gasteiger partial charge in [0.05, 0.1) is 5.56 Å². The van der Waals surface area contributed by atoms with Crippen LogP contribution in [0.1, 0.15) is 16.9 Å². The zero-order chi connectivity index (χ0) is 15.7. The lowest BCUT2D eigenvalue weighted by atomic mass is 10.2. The van der Waals surface area contributed by atoms with Gasteiger partial charge in [-0.15, -0.1) is 0 Å². The maximum Gasteiger partial charge on any atom is 0.416 e. The number of benzene rings is 2. The molecular weight excluding hydrogens is 293 g/mol.